The molecular weight excluding hydrogens is 292 g/mol. The zero-order chi connectivity index (χ0) is 14.5. The minimum Gasteiger partial charge on any atom is -0.478 e. The van der Waals surface area contributed by atoms with Crippen molar-refractivity contribution in [1.29, 1.82) is 0 Å². The summed E-state index contributed by atoms with van der Waals surface area (Å²) in [4.78, 5) is 10.7. The maximum atomic E-state index is 11.4. The fourth-order valence-electron chi connectivity index (χ4n) is 1.40. The lowest BCUT2D eigenvalue weighted by molar-refractivity contribution is 0.0697. The van der Waals surface area contributed by atoms with Crippen LogP contribution in [0, 0.1) is 0 Å². The summed E-state index contributed by atoms with van der Waals surface area (Å²) in [6, 6.07) is 4.21. The number of benzene rings is 1. The van der Waals surface area contributed by atoms with Crippen LogP contribution in [0.25, 0.3) is 0 Å². The van der Waals surface area contributed by atoms with Crippen LogP contribution in [0.2, 0.25) is 5.02 Å². The molecule has 0 saturated carbocycles. The Morgan fingerprint density at radius 3 is 2.63 bits per heavy atom. The maximum absolute atomic E-state index is 11.4. The van der Waals surface area contributed by atoms with E-state index in [4.69, 9.17) is 16.7 Å². The number of carboxylic acid groups (broad SMARTS) is 1. The zero-order valence-electron chi connectivity index (χ0n) is 10.3. The van der Waals surface area contributed by atoms with E-state index in [-0.39, 0.29) is 22.9 Å². The van der Waals surface area contributed by atoms with Gasteiger partial charge in [0.25, 0.3) is 0 Å². The average Bonchev–Trinajstić information content (AvgIpc) is 2.30. The molecule has 1 aromatic rings. The Morgan fingerprint density at radius 2 is 2.11 bits per heavy atom. The number of carboxylic acids is 1. The van der Waals surface area contributed by atoms with Crippen LogP contribution in [-0.4, -0.2) is 38.3 Å². The predicted molar refractivity (Wildman–Crippen MR) is 74.4 cm³/mol. The molecule has 0 fully saturated rings. The van der Waals surface area contributed by atoms with Crippen LogP contribution >= 0.6 is 11.6 Å². The number of hydrogen-bond acceptors (Lipinski definition) is 4. The van der Waals surface area contributed by atoms with Crippen molar-refractivity contribution in [2.45, 2.75) is 6.92 Å². The van der Waals surface area contributed by atoms with E-state index in [2.05, 4.69) is 10.0 Å². The van der Waals surface area contributed by atoms with Crippen LogP contribution in [0.15, 0.2) is 18.2 Å². The highest BCUT2D eigenvalue weighted by atomic mass is 35.5. The lowest BCUT2D eigenvalue weighted by Crippen LogP contribution is -2.29. The molecule has 0 amide bonds. The molecule has 0 atom stereocenters. The Bertz CT molecular complexity index is 560. The van der Waals surface area contributed by atoms with Gasteiger partial charge in [-0.1, -0.05) is 18.5 Å². The summed E-state index contributed by atoms with van der Waals surface area (Å²) in [5.41, 5.74) is 0.578. The highest BCUT2D eigenvalue weighted by Crippen LogP contribution is 2.22. The number of halogens is 1. The van der Waals surface area contributed by atoms with E-state index in [1.54, 1.807) is 6.92 Å². The largest absolute Gasteiger partial charge is 0.478 e. The van der Waals surface area contributed by atoms with E-state index < -0.39 is 16.0 Å². The van der Waals surface area contributed by atoms with E-state index >= 15 is 0 Å². The molecule has 0 spiro atoms. The van der Waals surface area contributed by atoms with Gasteiger partial charge in [-0.05, 0) is 18.2 Å². The highest BCUT2D eigenvalue weighted by Gasteiger charge is 2.10. The Labute approximate surface area is 116 Å². The first kappa shape index (κ1) is 15.7. The number of sulfonamides is 1. The number of rotatable bonds is 7. The van der Waals surface area contributed by atoms with Gasteiger partial charge in [-0.3, -0.25) is 0 Å². The number of hydrogen-bond donors (Lipinski definition) is 3. The fourth-order valence-corrected chi connectivity index (χ4v) is 2.61. The molecular formula is C11H15ClN2O4S. The van der Waals surface area contributed by atoms with Gasteiger partial charge in [0.05, 0.1) is 22.0 Å². The van der Waals surface area contributed by atoms with Crippen LogP contribution in [0.4, 0.5) is 5.69 Å². The molecule has 6 nitrogen and oxygen atoms in total. The van der Waals surface area contributed by atoms with Crippen molar-refractivity contribution >= 4 is 33.3 Å². The number of anilines is 1. The van der Waals surface area contributed by atoms with Gasteiger partial charge in [0, 0.05) is 13.1 Å². The number of nitrogens with one attached hydrogen (secondary N) is 2. The Balaban J connectivity index is 2.62. The van der Waals surface area contributed by atoms with Crippen molar-refractivity contribution in [1.82, 2.24) is 4.72 Å². The molecule has 1 rings (SSSR count). The van der Waals surface area contributed by atoms with Gasteiger partial charge < -0.3 is 10.4 Å². The third kappa shape index (κ3) is 5.06. The smallest absolute Gasteiger partial charge is 0.335 e. The minimum atomic E-state index is -3.29. The van der Waals surface area contributed by atoms with Crippen LogP contribution in [0.1, 0.15) is 17.3 Å². The lowest BCUT2D eigenvalue weighted by atomic mass is 10.2. The molecule has 0 bridgehead atoms. The second-order valence-electron chi connectivity index (χ2n) is 3.74. The van der Waals surface area contributed by atoms with Crippen molar-refractivity contribution < 1.29 is 18.3 Å². The van der Waals surface area contributed by atoms with Crippen molar-refractivity contribution in [3.05, 3.63) is 28.8 Å². The molecule has 0 heterocycles. The second kappa shape index (κ2) is 6.74. The minimum absolute atomic E-state index is 0.0795. The van der Waals surface area contributed by atoms with Crippen molar-refractivity contribution in [2.75, 3.05) is 24.2 Å². The molecule has 0 aliphatic rings. The molecule has 8 heteroatoms. The summed E-state index contributed by atoms with van der Waals surface area (Å²) in [5.74, 6) is -1.15. The third-order valence-corrected chi connectivity index (χ3v) is 4.05. The summed E-state index contributed by atoms with van der Waals surface area (Å²) < 4.78 is 25.1. The first-order valence-electron chi connectivity index (χ1n) is 5.60. The maximum Gasteiger partial charge on any atom is 0.335 e. The summed E-state index contributed by atoms with van der Waals surface area (Å²) in [6.45, 7) is 2.23. The van der Waals surface area contributed by atoms with E-state index in [1.165, 1.54) is 18.2 Å². The molecule has 0 aromatic heterocycles. The molecule has 0 unspecified atom stereocenters. The van der Waals surface area contributed by atoms with Gasteiger partial charge in [0.2, 0.25) is 10.0 Å². The van der Waals surface area contributed by atoms with Crippen LogP contribution in [0.5, 0.6) is 0 Å². The topological polar surface area (TPSA) is 95.5 Å². The molecule has 0 aliphatic heterocycles. The quantitative estimate of drug-likeness (QED) is 0.707. The fraction of sp³-hybridized carbons (Fsp3) is 0.364. The van der Waals surface area contributed by atoms with Crippen LogP contribution < -0.4 is 10.0 Å². The predicted octanol–water partition coefficient (Wildman–Crippen LogP) is 1.39. The molecule has 106 valence electrons. The van der Waals surface area contributed by atoms with Crippen molar-refractivity contribution in [3.63, 3.8) is 0 Å². The van der Waals surface area contributed by atoms with E-state index in [0.29, 0.717) is 12.2 Å². The molecule has 19 heavy (non-hydrogen) atoms. The summed E-state index contributed by atoms with van der Waals surface area (Å²) in [7, 11) is -3.29. The van der Waals surface area contributed by atoms with Gasteiger partial charge in [0.15, 0.2) is 0 Å². The monoisotopic (exact) mass is 306 g/mol. The molecule has 0 radical (unpaired) electrons. The Kier molecular flexibility index (Phi) is 5.59. The Morgan fingerprint density at radius 1 is 1.42 bits per heavy atom. The van der Waals surface area contributed by atoms with Crippen molar-refractivity contribution in [2.24, 2.45) is 0 Å². The molecule has 0 saturated heterocycles. The molecule has 3 N–H and O–H groups in total. The SMILES string of the molecule is CCNS(=O)(=O)CCNc1ccc(C(=O)O)cc1Cl. The number of carbonyl (C=O) groups is 1. The highest BCUT2D eigenvalue weighted by molar-refractivity contribution is 7.89. The van der Waals surface area contributed by atoms with Gasteiger partial charge in [-0.15, -0.1) is 0 Å². The van der Waals surface area contributed by atoms with E-state index in [9.17, 15) is 13.2 Å². The second-order valence-corrected chi connectivity index (χ2v) is 6.08. The first-order chi connectivity index (χ1) is 8.85. The summed E-state index contributed by atoms with van der Waals surface area (Å²) >= 11 is 5.89. The average molecular weight is 307 g/mol. The van der Waals surface area contributed by atoms with Gasteiger partial charge in [-0.25, -0.2) is 17.9 Å². The zero-order valence-corrected chi connectivity index (χ0v) is 11.9. The van der Waals surface area contributed by atoms with Crippen LogP contribution in [0.3, 0.4) is 0 Å². The third-order valence-electron chi connectivity index (χ3n) is 2.27. The molecule has 0 aliphatic carbocycles. The van der Waals surface area contributed by atoms with E-state index in [1.807, 2.05) is 0 Å². The van der Waals surface area contributed by atoms with Gasteiger partial charge in [0.1, 0.15) is 0 Å². The van der Waals surface area contributed by atoms with Crippen molar-refractivity contribution in [3.8, 4) is 0 Å². The van der Waals surface area contributed by atoms with E-state index in [0.717, 1.165) is 0 Å². The lowest BCUT2D eigenvalue weighted by Gasteiger charge is -2.09. The molecule has 1 aromatic carbocycles. The summed E-state index contributed by atoms with van der Waals surface area (Å²) in [5, 5.41) is 11.9. The van der Waals surface area contributed by atoms with Gasteiger partial charge >= 0.3 is 5.97 Å². The van der Waals surface area contributed by atoms with Crippen LogP contribution in [-0.2, 0) is 10.0 Å². The normalized spacial score (nSPS) is 11.3. The standard InChI is InChI=1S/C11H15ClN2O4S/c1-2-14-19(17,18)6-5-13-10-4-3-8(11(15)16)7-9(10)12/h3-4,7,13-14H,2,5-6H2,1H3,(H,15,16). The summed E-state index contributed by atoms with van der Waals surface area (Å²) in [6.07, 6.45) is 0. The Hall–Kier alpha value is -1.31. The van der Waals surface area contributed by atoms with Gasteiger partial charge in [-0.2, -0.15) is 0 Å². The number of aromatic carboxylic acids is 1. The first-order valence-corrected chi connectivity index (χ1v) is 7.63.